The van der Waals surface area contributed by atoms with Gasteiger partial charge in [-0.2, -0.15) is 0 Å². The Bertz CT molecular complexity index is 430. The molecule has 0 saturated carbocycles. The van der Waals surface area contributed by atoms with Gasteiger partial charge in [0.1, 0.15) is 0 Å². The van der Waals surface area contributed by atoms with Crippen LogP contribution in [-0.4, -0.2) is 35.6 Å². The summed E-state index contributed by atoms with van der Waals surface area (Å²) in [5.74, 6) is 0.386. The standard InChI is InChI=1S/C16H27N3/c1-5-16(2,19(3)4)15(17)13-10-6-8-12-9-7-11-18-14(12)13/h7,9,11,13,15H,5-6,8,10,17H2,1-4H3. The van der Waals surface area contributed by atoms with Crippen molar-refractivity contribution >= 4 is 0 Å². The zero-order valence-electron chi connectivity index (χ0n) is 12.7. The summed E-state index contributed by atoms with van der Waals surface area (Å²) in [7, 11) is 4.26. The summed E-state index contributed by atoms with van der Waals surface area (Å²) >= 11 is 0. The maximum Gasteiger partial charge on any atom is 0.0482 e. The SMILES string of the molecule is CCC(C)(C(N)C1CCCc2cccnc21)N(C)C. The van der Waals surface area contributed by atoms with Crippen LogP contribution in [0.2, 0.25) is 0 Å². The van der Waals surface area contributed by atoms with Crippen LogP contribution >= 0.6 is 0 Å². The maximum atomic E-state index is 6.67. The van der Waals surface area contributed by atoms with Crippen molar-refractivity contribution in [3.05, 3.63) is 29.6 Å². The number of fused-ring (bicyclic) bond motifs is 1. The summed E-state index contributed by atoms with van der Waals surface area (Å²) in [4.78, 5) is 6.90. The van der Waals surface area contributed by atoms with E-state index >= 15 is 0 Å². The Kier molecular flexibility index (Phi) is 4.26. The summed E-state index contributed by atoms with van der Waals surface area (Å²) in [5.41, 5.74) is 9.33. The lowest BCUT2D eigenvalue weighted by atomic mass is 9.73. The first-order chi connectivity index (χ1) is 9.00. The van der Waals surface area contributed by atoms with E-state index in [-0.39, 0.29) is 11.6 Å². The highest BCUT2D eigenvalue weighted by molar-refractivity contribution is 5.28. The molecule has 0 aliphatic heterocycles. The molecule has 19 heavy (non-hydrogen) atoms. The van der Waals surface area contributed by atoms with E-state index in [0.717, 1.165) is 19.3 Å². The molecule has 3 nitrogen and oxygen atoms in total. The van der Waals surface area contributed by atoms with Gasteiger partial charge in [0.15, 0.2) is 0 Å². The summed E-state index contributed by atoms with van der Waals surface area (Å²) in [6.07, 6.45) is 6.50. The van der Waals surface area contributed by atoms with Crippen molar-refractivity contribution in [1.82, 2.24) is 9.88 Å². The van der Waals surface area contributed by atoms with Crippen molar-refractivity contribution in [2.24, 2.45) is 5.73 Å². The molecule has 2 N–H and O–H groups in total. The van der Waals surface area contributed by atoms with Crippen molar-refractivity contribution in [1.29, 1.82) is 0 Å². The number of nitrogens with two attached hydrogens (primary N) is 1. The van der Waals surface area contributed by atoms with Crippen LogP contribution < -0.4 is 5.73 Å². The molecule has 1 aliphatic rings. The van der Waals surface area contributed by atoms with Crippen LogP contribution in [0.25, 0.3) is 0 Å². The third-order valence-corrected chi connectivity index (χ3v) is 5.13. The Morgan fingerprint density at radius 2 is 2.26 bits per heavy atom. The van der Waals surface area contributed by atoms with E-state index in [2.05, 4.69) is 43.9 Å². The van der Waals surface area contributed by atoms with Crippen molar-refractivity contribution < 1.29 is 0 Å². The smallest absolute Gasteiger partial charge is 0.0482 e. The van der Waals surface area contributed by atoms with Crippen molar-refractivity contribution in [3.63, 3.8) is 0 Å². The highest BCUT2D eigenvalue weighted by Crippen LogP contribution is 2.37. The molecule has 0 radical (unpaired) electrons. The molecule has 0 bridgehead atoms. The van der Waals surface area contributed by atoms with Crippen LogP contribution in [-0.2, 0) is 6.42 Å². The van der Waals surface area contributed by atoms with Gasteiger partial charge in [-0.15, -0.1) is 0 Å². The largest absolute Gasteiger partial charge is 0.326 e. The summed E-state index contributed by atoms with van der Waals surface area (Å²) in [5, 5.41) is 0. The van der Waals surface area contributed by atoms with Gasteiger partial charge in [-0.1, -0.05) is 13.0 Å². The minimum atomic E-state index is 0.0246. The van der Waals surface area contributed by atoms with Gasteiger partial charge < -0.3 is 10.6 Å². The molecule has 1 aromatic heterocycles. The first-order valence-electron chi connectivity index (χ1n) is 7.37. The van der Waals surface area contributed by atoms with Gasteiger partial charge in [0.05, 0.1) is 0 Å². The first kappa shape index (κ1) is 14.5. The Morgan fingerprint density at radius 3 is 2.89 bits per heavy atom. The van der Waals surface area contributed by atoms with Crippen molar-refractivity contribution in [2.75, 3.05) is 14.1 Å². The lowest BCUT2D eigenvalue weighted by molar-refractivity contribution is 0.113. The zero-order chi connectivity index (χ0) is 14.0. The van der Waals surface area contributed by atoms with Crippen LogP contribution in [0.15, 0.2) is 18.3 Å². The summed E-state index contributed by atoms with van der Waals surface area (Å²) in [6.45, 7) is 4.50. The first-order valence-corrected chi connectivity index (χ1v) is 7.37. The Labute approximate surface area is 117 Å². The van der Waals surface area contributed by atoms with Crippen molar-refractivity contribution in [3.8, 4) is 0 Å². The summed E-state index contributed by atoms with van der Waals surface area (Å²) in [6, 6.07) is 4.37. The second kappa shape index (κ2) is 5.59. The molecule has 2 rings (SSSR count). The van der Waals surface area contributed by atoms with E-state index in [1.165, 1.54) is 17.7 Å². The third kappa shape index (κ3) is 2.54. The molecular weight excluding hydrogens is 234 g/mol. The highest BCUT2D eigenvalue weighted by atomic mass is 15.2. The van der Waals surface area contributed by atoms with Crippen LogP contribution in [0.3, 0.4) is 0 Å². The fourth-order valence-electron chi connectivity index (χ4n) is 3.28. The lowest BCUT2D eigenvalue weighted by Gasteiger charge is -2.45. The molecule has 0 spiro atoms. The molecule has 1 aliphatic carbocycles. The number of pyridine rings is 1. The van der Waals surface area contributed by atoms with Crippen molar-refractivity contribution in [2.45, 2.75) is 57.0 Å². The molecule has 0 saturated heterocycles. The summed E-state index contributed by atoms with van der Waals surface area (Å²) < 4.78 is 0. The number of aromatic nitrogens is 1. The quantitative estimate of drug-likeness (QED) is 0.905. The molecular formula is C16H27N3. The van der Waals surface area contributed by atoms with Crippen LogP contribution in [0.5, 0.6) is 0 Å². The second-order valence-electron chi connectivity index (χ2n) is 6.18. The number of rotatable bonds is 4. The highest BCUT2D eigenvalue weighted by Gasteiger charge is 2.39. The minimum Gasteiger partial charge on any atom is -0.326 e. The number of aryl methyl sites for hydroxylation is 1. The van der Waals surface area contributed by atoms with Crippen LogP contribution in [0.4, 0.5) is 0 Å². The third-order valence-electron chi connectivity index (χ3n) is 5.13. The molecule has 3 atom stereocenters. The normalized spacial score (nSPS) is 23.8. The predicted molar refractivity (Wildman–Crippen MR) is 80.3 cm³/mol. The van der Waals surface area contributed by atoms with Gasteiger partial charge in [0, 0.05) is 29.4 Å². The number of hydrogen-bond donors (Lipinski definition) is 1. The Balaban J connectivity index is 2.33. The van der Waals surface area contributed by atoms with E-state index in [0.29, 0.717) is 5.92 Å². The van der Waals surface area contributed by atoms with Gasteiger partial charge >= 0.3 is 0 Å². The molecule has 0 amide bonds. The molecule has 106 valence electrons. The lowest BCUT2D eigenvalue weighted by Crippen LogP contribution is -2.57. The number of hydrogen-bond acceptors (Lipinski definition) is 3. The van der Waals surface area contributed by atoms with E-state index in [9.17, 15) is 0 Å². The zero-order valence-corrected chi connectivity index (χ0v) is 12.7. The van der Waals surface area contributed by atoms with E-state index < -0.39 is 0 Å². The van der Waals surface area contributed by atoms with Gasteiger partial charge in [-0.05, 0) is 58.3 Å². The van der Waals surface area contributed by atoms with Crippen LogP contribution in [0.1, 0.15) is 50.3 Å². The average Bonchev–Trinajstić information content (AvgIpc) is 2.44. The van der Waals surface area contributed by atoms with Gasteiger partial charge in [-0.3, -0.25) is 4.98 Å². The molecule has 0 fully saturated rings. The number of nitrogens with zero attached hydrogens (tertiary/aromatic N) is 2. The maximum absolute atomic E-state index is 6.67. The molecule has 3 heteroatoms. The van der Waals surface area contributed by atoms with E-state index in [1.807, 2.05) is 12.3 Å². The Morgan fingerprint density at radius 1 is 1.53 bits per heavy atom. The molecule has 1 heterocycles. The van der Waals surface area contributed by atoms with E-state index in [1.54, 1.807) is 0 Å². The fourth-order valence-corrected chi connectivity index (χ4v) is 3.28. The molecule has 0 aromatic carbocycles. The Hall–Kier alpha value is -0.930. The monoisotopic (exact) mass is 261 g/mol. The van der Waals surface area contributed by atoms with Crippen LogP contribution in [0, 0.1) is 0 Å². The average molecular weight is 261 g/mol. The molecule has 1 aromatic rings. The second-order valence-corrected chi connectivity index (χ2v) is 6.18. The van der Waals surface area contributed by atoms with E-state index in [4.69, 9.17) is 5.73 Å². The predicted octanol–water partition coefficient (Wildman–Crippen LogP) is 2.56. The number of likely N-dealkylation sites (N-methyl/N-ethyl adjacent to an activating group) is 1. The van der Waals surface area contributed by atoms with Gasteiger partial charge in [0.2, 0.25) is 0 Å². The topological polar surface area (TPSA) is 42.1 Å². The minimum absolute atomic E-state index is 0.0246. The fraction of sp³-hybridized carbons (Fsp3) is 0.688. The van der Waals surface area contributed by atoms with Gasteiger partial charge in [0.25, 0.3) is 0 Å². The molecule has 3 unspecified atom stereocenters. The van der Waals surface area contributed by atoms with Gasteiger partial charge in [-0.25, -0.2) is 0 Å².